The van der Waals surface area contributed by atoms with Crippen molar-refractivity contribution in [3.8, 4) is 5.75 Å². The number of hydrogen-bond donors (Lipinski definition) is 2. The first kappa shape index (κ1) is 13.5. The van der Waals surface area contributed by atoms with Crippen molar-refractivity contribution in [2.45, 2.75) is 11.8 Å². The van der Waals surface area contributed by atoms with Gasteiger partial charge in [0.15, 0.2) is 0 Å². The average molecular weight is 273 g/mol. The van der Waals surface area contributed by atoms with Crippen molar-refractivity contribution in [3.63, 3.8) is 0 Å². The van der Waals surface area contributed by atoms with Crippen LogP contribution in [0.15, 0.2) is 53.4 Å². The topological polar surface area (TPSA) is 38.3 Å². The van der Waals surface area contributed by atoms with E-state index in [1.807, 2.05) is 37.3 Å². The quantitative estimate of drug-likeness (QED) is 0.835. The van der Waals surface area contributed by atoms with Crippen LogP contribution in [0.4, 0.5) is 5.69 Å². The van der Waals surface area contributed by atoms with Crippen LogP contribution in [0.3, 0.4) is 0 Å². The summed E-state index contributed by atoms with van der Waals surface area (Å²) >= 11 is 4.30. The van der Waals surface area contributed by atoms with E-state index in [4.69, 9.17) is 4.74 Å². The van der Waals surface area contributed by atoms with E-state index in [0.29, 0.717) is 23.6 Å². The van der Waals surface area contributed by atoms with Gasteiger partial charge in [-0.3, -0.25) is 4.79 Å². The van der Waals surface area contributed by atoms with Crippen LogP contribution in [0.1, 0.15) is 17.3 Å². The Morgan fingerprint density at radius 1 is 1.21 bits per heavy atom. The Labute approximate surface area is 118 Å². The fraction of sp³-hybridized carbons (Fsp3) is 0.133. The molecule has 98 valence electrons. The molecular formula is C15H15NO2S. The predicted octanol–water partition coefficient (Wildman–Crippen LogP) is 3.63. The highest BCUT2D eigenvalue weighted by Gasteiger charge is 2.08. The van der Waals surface area contributed by atoms with Crippen LogP contribution in [-0.4, -0.2) is 12.5 Å². The summed E-state index contributed by atoms with van der Waals surface area (Å²) in [5.41, 5.74) is 1.25. The molecule has 0 radical (unpaired) electrons. The van der Waals surface area contributed by atoms with Gasteiger partial charge in [0, 0.05) is 10.5 Å². The Bertz CT molecular complexity index is 584. The molecule has 0 aromatic heterocycles. The zero-order chi connectivity index (χ0) is 13.7. The van der Waals surface area contributed by atoms with E-state index in [1.54, 1.807) is 18.2 Å². The second-order valence-corrected chi connectivity index (χ2v) is 4.41. The molecule has 19 heavy (non-hydrogen) atoms. The summed E-state index contributed by atoms with van der Waals surface area (Å²) in [5, 5.41) is 2.82. The van der Waals surface area contributed by atoms with E-state index < -0.39 is 0 Å². The molecule has 1 N–H and O–H groups in total. The van der Waals surface area contributed by atoms with Gasteiger partial charge in [0.25, 0.3) is 5.91 Å². The number of thiol groups is 1. The molecule has 0 atom stereocenters. The van der Waals surface area contributed by atoms with Crippen LogP contribution < -0.4 is 10.1 Å². The molecule has 0 aliphatic heterocycles. The van der Waals surface area contributed by atoms with Crippen LogP contribution in [0.5, 0.6) is 5.75 Å². The van der Waals surface area contributed by atoms with Gasteiger partial charge in [0.05, 0.1) is 12.3 Å². The lowest BCUT2D eigenvalue weighted by atomic mass is 10.2. The van der Waals surface area contributed by atoms with Crippen molar-refractivity contribution in [2.75, 3.05) is 11.9 Å². The van der Waals surface area contributed by atoms with Gasteiger partial charge >= 0.3 is 0 Å². The molecule has 0 aliphatic carbocycles. The van der Waals surface area contributed by atoms with Crippen molar-refractivity contribution >= 4 is 24.2 Å². The maximum atomic E-state index is 12.1. The molecule has 2 aromatic rings. The molecule has 4 heteroatoms. The number of carbonyl (C=O) groups is 1. The van der Waals surface area contributed by atoms with Crippen molar-refractivity contribution in [3.05, 3.63) is 54.1 Å². The zero-order valence-electron chi connectivity index (χ0n) is 10.6. The van der Waals surface area contributed by atoms with E-state index in [-0.39, 0.29) is 5.91 Å². The van der Waals surface area contributed by atoms with Crippen LogP contribution in [0, 0.1) is 0 Å². The number of benzene rings is 2. The lowest BCUT2D eigenvalue weighted by Gasteiger charge is -2.09. The second-order valence-electron chi connectivity index (χ2n) is 3.93. The number of carbonyl (C=O) groups excluding carboxylic acids is 1. The third-order valence-electron chi connectivity index (χ3n) is 2.56. The molecule has 2 rings (SSSR count). The number of nitrogens with one attached hydrogen (secondary N) is 1. The van der Waals surface area contributed by atoms with Crippen molar-refractivity contribution in [2.24, 2.45) is 0 Å². The molecule has 0 spiro atoms. The number of ether oxygens (including phenoxy) is 1. The highest BCUT2D eigenvalue weighted by molar-refractivity contribution is 7.80. The van der Waals surface area contributed by atoms with E-state index in [0.717, 1.165) is 4.90 Å². The molecule has 0 saturated carbocycles. The molecule has 0 fully saturated rings. The summed E-state index contributed by atoms with van der Waals surface area (Å²) in [6.07, 6.45) is 0. The predicted molar refractivity (Wildman–Crippen MR) is 79.3 cm³/mol. The standard InChI is InChI=1S/C15H15NO2S/c1-2-18-12-7-5-6-11(10-12)15(17)16-13-8-3-4-9-14(13)19/h3-10,19H,2H2,1H3,(H,16,17). The molecule has 0 aliphatic rings. The summed E-state index contributed by atoms with van der Waals surface area (Å²) in [7, 11) is 0. The monoisotopic (exact) mass is 273 g/mol. The molecule has 0 saturated heterocycles. The number of rotatable bonds is 4. The van der Waals surface area contributed by atoms with Crippen LogP contribution >= 0.6 is 12.6 Å². The van der Waals surface area contributed by atoms with Crippen LogP contribution in [0.2, 0.25) is 0 Å². The van der Waals surface area contributed by atoms with Crippen molar-refractivity contribution < 1.29 is 9.53 Å². The average Bonchev–Trinajstić information content (AvgIpc) is 2.42. The summed E-state index contributed by atoms with van der Waals surface area (Å²) in [6, 6.07) is 14.5. The second kappa shape index (κ2) is 6.29. The summed E-state index contributed by atoms with van der Waals surface area (Å²) in [4.78, 5) is 12.9. The Hall–Kier alpha value is -1.94. The minimum atomic E-state index is -0.178. The van der Waals surface area contributed by atoms with Gasteiger partial charge in [-0.05, 0) is 37.3 Å². The van der Waals surface area contributed by atoms with Gasteiger partial charge in [-0.2, -0.15) is 0 Å². The highest BCUT2D eigenvalue weighted by atomic mass is 32.1. The number of anilines is 1. The van der Waals surface area contributed by atoms with Crippen molar-refractivity contribution in [1.82, 2.24) is 0 Å². The van der Waals surface area contributed by atoms with Crippen LogP contribution in [-0.2, 0) is 0 Å². The fourth-order valence-electron chi connectivity index (χ4n) is 1.67. The van der Waals surface area contributed by atoms with Gasteiger partial charge in [-0.1, -0.05) is 18.2 Å². The molecule has 3 nitrogen and oxygen atoms in total. The zero-order valence-corrected chi connectivity index (χ0v) is 11.5. The van der Waals surface area contributed by atoms with E-state index in [9.17, 15) is 4.79 Å². The lowest BCUT2D eigenvalue weighted by molar-refractivity contribution is 0.102. The SMILES string of the molecule is CCOc1cccc(C(=O)Nc2ccccc2S)c1. The third-order valence-corrected chi connectivity index (χ3v) is 2.95. The third kappa shape index (κ3) is 3.51. The first-order valence-corrected chi connectivity index (χ1v) is 6.47. The number of amides is 1. The van der Waals surface area contributed by atoms with Gasteiger partial charge in [-0.15, -0.1) is 12.6 Å². The Morgan fingerprint density at radius 3 is 2.74 bits per heavy atom. The minimum Gasteiger partial charge on any atom is -0.494 e. The first-order valence-electron chi connectivity index (χ1n) is 6.03. The normalized spacial score (nSPS) is 10.0. The Balaban J connectivity index is 2.16. The van der Waals surface area contributed by atoms with E-state index >= 15 is 0 Å². The minimum absolute atomic E-state index is 0.178. The molecule has 0 unspecified atom stereocenters. The van der Waals surface area contributed by atoms with Gasteiger partial charge in [0.2, 0.25) is 0 Å². The van der Waals surface area contributed by atoms with E-state index in [1.165, 1.54) is 0 Å². The van der Waals surface area contributed by atoms with Crippen molar-refractivity contribution in [1.29, 1.82) is 0 Å². The summed E-state index contributed by atoms with van der Waals surface area (Å²) in [6.45, 7) is 2.48. The van der Waals surface area contributed by atoms with Crippen LogP contribution in [0.25, 0.3) is 0 Å². The number of para-hydroxylation sites is 1. The summed E-state index contributed by atoms with van der Waals surface area (Å²) in [5.74, 6) is 0.511. The highest BCUT2D eigenvalue weighted by Crippen LogP contribution is 2.20. The lowest BCUT2D eigenvalue weighted by Crippen LogP contribution is -2.12. The molecule has 0 bridgehead atoms. The molecular weight excluding hydrogens is 258 g/mol. The Morgan fingerprint density at radius 2 is 2.00 bits per heavy atom. The molecule has 2 aromatic carbocycles. The maximum Gasteiger partial charge on any atom is 0.255 e. The smallest absolute Gasteiger partial charge is 0.255 e. The maximum absolute atomic E-state index is 12.1. The Kier molecular flexibility index (Phi) is 4.47. The summed E-state index contributed by atoms with van der Waals surface area (Å²) < 4.78 is 5.38. The van der Waals surface area contributed by atoms with Gasteiger partial charge < -0.3 is 10.1 Å². The van der Waals surface area contributed by atoms with Gasteiger partial charge in [-0.25, -0.2) is 0 Å². The largest absolute Gasteiger partial charge is 0.494 e. The molecule has 0 heterocycles. The molecule has 1 amide bonds. The van der Waals surface area contributed by atoms with Gasteiger partial charge in [0.1, 0.15) is 5.75 Å². The fourth-order valence-corrected chi connectivity index (χ4v) is 1.88. The number of hydrogen-bond acceptors (Lipinski definition) is 3. The van der Waals surface area contributed by atoms with E-state index in [2.05, 4.69) is 17.9 Å². The first-order chi connectivity index (χ1) is 9.20.